The van der Waals surface area contributed by atoms with E-state index in [0.717, 1.165) is 16.7 Å². The molecular weight excluding hydrogens is 200 g/mol. The van der Waals surface area contributed by atoms with Gasteiger partial charge in [0.2, 0.25) is 0 Å². The van der Waals surface area contributed by atoms with E-state index in [1.165, 1.54) is 0 Å². The second-order valence-electron chi connectivity index (χ2n) is 3.82. The molecule has 0 saturated heterocycles. The zero-order valence-corrected chi connectivity index (χ0v) is 8.84. The molecule has 2 aromatic heterocycles. The first-order valence-corrected chi connectivity index (χ1v) is 5.14. The molecule has 0 amide bonds. The Labute approximate surface area is 92.0 Å². The van der Waals surface area contributed by atoms with Crippen molar-refractivity contribution in [3.05, 3.63) is 58.5 Å². The fourth-order valence-corrected chi connectivity index (χ4v) is 1.91. The molecule has 3 nitrogen and oxygen atoms in total. The maximum Gasteiger partial charge on any atom is 0.265 e. The number of benzene rings is 1. The second-order valence-corrected chi connectivity index (χ2v) is 3.82. The lowest BCUT2D eigenvalue weighted by Crippen LogP contribution is -2.15. The minimum Gasteiger partial charge on any atom is -0.268 e. The van der Waals surface area contributed by atoms with Gasteiger partial charge in [-0.05, 0) is 30.7 Å². The zero-order chi connectivity index (χ0) is 11.1. The first-order chi connectivity index (χ1) is 7.77. The van der Waals surface area contributed by atoms with E-state index >= 15 is 0 Å². The van der Waals surface area contributed by atoms with Gasteiger partial charge in [0.1, 0.15) is 5.65 Å². The van der Waals surface area contributed by atoms with Crippen LogP contribution < -0.4 is 5.56 Å². The van der Waals surface area contributed by atoms with Crippen LogP contribution in [0.1, 0.15) is 5.56 Å². The molecule has 0 atom stereocenters. The van der Waals surface area contributed by atoms with E-state index in [4.69, 9.17) is 0 Å². The van der Waals surface area contributed by atoms with Crippen LogP contribution in [0.25, 0.3) is 16.6 Å². The van der Waals surface area contributed by atoms with Crippen molar-refractivity contribution in [3.63, 3.8) is 0 Å². The Bertz CT molecular complexity index is 744. The lowest BCUT2D eigenvalue weighted by Gasteiger charge is -2.04. The maximum absolute atomic E-state index is 12.2. The van der Waals surface area contributed by atoms with Crippen molar-refractivity contribution >= 4 is 16.6 Å². The molecule has 0 N–H and O–H groups in total. The number of hydrogen-bond acceptors (Lipinski definition) is 2. The fraction of sp³-hybridized carbons (Fsp3) is 0.0769. The highest BCUT2D eigenvalue weighted by molar-refractivity contribution is 5.79. The highest BCUT2D eigenvalue weighted by Gasteiger charge is 2.05. The standard InChI is InChI=1S/C13H10N2O/c1-9-5-4-8-15-12(9)14-11-7-3-2-6-10(11)13(15)16/h2-8H,1H3. The average Bonchev–Trinajstić information content (AvgIpc) is 2.31. The highest BCUT2D eigenvalue weighted by Crippen LogP contribution is 2.11. The summed E-state index contributed by atoms with van der Waals surface area (Å²) in [5, 5.41) is 0.658. The summed E-state index contributed by atoms with van der Waals surface area (Å²) in [7, 11) is 0. The Kier molecular flexibility index (Phi) is 1.80. The minimum absolute atomic E-state index is 0.00991. The maximum atomic E-state index is 12.2. The predicted octanol–water partition coefficient (Wildman–Crippen LogP) is 2.16. The van der Waals surface area contributed by atoms with Crippen LogP contribution in [0.5, 0.6) is 0 Å². The summed E-state index contributed by atoms with van der Waals surface area (Å²) in [5.74, 6) is 0. The molecule has 16 heavy (non-hydrogen) atoms. The van der Waals surface area contributed by atoms with Gasteiger partial charge in [-0.15, -0.1) is 0 Å². The molecule has 3 heteroatoms. The van der Waals surface area contributed by atoms with Crippen LogP contribution in [0.3, 0.4) is 0 Å². The first kappa shape index (κ1) is 9.09. The lowest BCUT2D eigenvalue weighted by atomic mass is 10.2. The molecule has 0 aliphatic rings. The van der Waals surface area contributed by atoms with Gasteiger partial charge in [-0.1, -0.05) is 18.2 Å². The van der Waals surface area contributed by atoms with Gasteiger partial charge in [0.15, 0.2) is 0 Å². The Balaban J connectivity index is 2.67. The van der Waals surface area contributed by atoms with Crippen LogP contribution in [0.15, 0.2) is 47.4 Å². The van der Waals surface area contributed by atoms with Crippen LogP contribution in [0, 0.1) is 6.92 Å². The Morgan fingerprint density at radius 3 is 2.81 bits per heavy atom. The number of rotatable bonds is 0. The third-order valence-electron chi connectivity index (χ3n) is 2.74. The van der Waals surface area contributed by atoms with Gasteiger partial charge in [0.05, 0.1) is 10.9 Å². The molecule has 3 rings (SSSR count). The van der Waals surface area contributed by atoms with Crippen LogP contribution in [-0.2, 0) is 0 Å². The third-order valence-corrected chi connectivity index (χ3v) is 2.74. The van der Waals surface area contributed by atoms with Gasteiger partial charge < -0.3 is 0 Å². The van der Waals surface area contributed by atoms with Crippen molar-refractivity contribution in [1.29, 1.82) is 0 Å². The second kappa shape index (κ2) is 3.17. The normalized spacial score (nSPS) is 11.1. The van der Waals surface area contributed by atoms with Crippen LogP contribution >= 0.6 is 0 Å². The van der Waals surface area contributed by atoms with Crippen molar-refractivity contribution < 1.29 is 0 Å². The van der Waals surface area contributed by atoms with E-state index < -0.39 is 0 Å². The monoisotopic (exact) mass is 210 g/mol. The summed E-state index contributed by atoms with van der Waals surface area (Å²) in [6, 6.07) is 11.2. The van der Waals surface area contributed by atoms with E-state index in [1.54, 1.807) is 16.7 Å². The number of nitrogens with zero attached hydrogens (tertiary/aromatic N) is 2. The number of pyridine rings is 1. The van der Waals surface area contributed by atoms with E-state index in [-0.39, 0.29) is 5.56 Å². The molecule has 0 fully saturated rings. The summed E-state index contributed by atoms with van der Waals surface area (Å²) in [6.45, 7) is 1.95. The average molecular weight is 210 g/mol. The van der Waals surface area contributed by atoms with Crippen molar-refractivity contribution in [2.75, 3.05) is 0 Å². The zero-order valence-electron chi connectivity index (χ0n) is 8.84. The smallest absolute Gasteiger partial charge is 0.265 e. The molecule has 0 spiro atoms. The molecule has 78 valence electrons. The Hall–Kier alpha value is -2.16. The van der Waals surface area contributed by atoms with Crippen molar-refractivity contribution in [1.82, 2.24) is 9.38 Å². The van der Waals surface area contributed by atoms with Gasteiger partial charge in [-0.3, -0.25) is 9.20 Å². The molecule has 0 unspecified atom stereocenters. The van der Waals surface area contributed by atoms with E-state index in [9.17, 15) is 4.79 Å². The Morgan fingerprint density at radius 1 is 1.12 bits per heavy atom. The molecular formula is C13H10N2O. The number of aromatic nitrogens is 2. The number of para-hydroxylation sites is 1. The number of hydrogen-bond donors (Lipinski definition) is 0. The summed E-state index contributed by atoms with van der Waals surface area (Å²) >= 11 is 0. The molecule has 0 saturated carbocycles. The van der Waals surface area contributed by atoms with Crippen molar-refractivity contribution in [3.8, 4) is 0 Å². The van der Waals surface area contributed by atoms with Crippen LogP contribution in [0.2, 0.25) is 0 Å². The lowest BCUT2D eigenvalue weighted by molar-refractivity contribution is 1.06. The quantitative estimate of drug-likeness (QED) is 0.533. The van der Waals surface area contributed by atoms with Gasteiger partial charge in [0.25, 0.3) is 5.56 Å². The first-order valence-electron chi connectivity index (χ1n) is 5.14. The summed E-state index contributed by atoms with van der Waals surface area (Å²) in [6.07, 6.45) is 1.75. The van der Waals surface area contributed by atoms with Gasteiger partial charge >= 0.3 is 0 Å². The number of fused-ring (bicyclic) bond motifs is 2. The van der Waals surface area contributed by atoms with Crippen LogP contribution in [0.4, 0.5) is 0 Å². The van der Waals surface area contributed by atoms with Crippen LogP contribution in [-0.4, -0.2) is 9.38 Å². The SMILES string of the molecule is Cc1cccn2c(=O)c3ccccc3nc12. The summed E-state index contributed by atoms with van der Waals surface area (Å²) in [5.41, 5.74) is 2.47. The minimum atomic E-state index is -0.00991. The van der Waals surface area contributed by atoms with Gasteiger partial charge in [0, 0.05) is 6.20 Å². The highest BCUT2D eigenvalue weighted by atomic mass is 16.1. The summed E-state index contributed by atoms with van der Waals surface area (Å²) < 4.78 is 1.59. The molecule has 1 aromatic carbocycles. The molecule has 0 bridgehead atoms. The van der Waals surface area contributed by atoms with E-state index in [2.05, 4.69) is 4.98 Å². The van der Waals surface area contributed by atoms with Crippen molar-refractivity contribution in [2.24, 2.45) is 0 Å². The summed E-state index contributed by atoms with van der Waals surface area (Å²) in [4.78, 5) is 16.7. The molecule has 2 heterocycles. The molecule has 3 aromatic rings. The largest absolute Gasteiger partial charge is 0.268 e. The molecule has 0 aliphatic carbocycles. The van der Waals surface area contributed by atoms with Gasteiger partial charge in [-0.25, -0.2) is 4.98 Å². The van der Waals surface area contributed by atoms with Crippen molar-refractivity contribution in [2.45, 2.75) is 6.92 Å². The topological polar surface area (TPSA) is 34.4 Å². The van der Waals surface area contributed by atoms with E-state index in [0.29, 0.717) is 5.39 Å². The van der Waals surface area contributed by atoms with Gasteiger partial charge in [-0.2, -0.15) is 0 Å². The molecule has 0 aliphatic heterocycles. The Morgan fingerprint density at radius 2 is 1.94 bits per heavy atom. The molecule has 0 radical (unpaired) electrons. The third kappa shape index (κ3) is 1.15. The van der Waals surface area contributed by atoms with E-state index in [1.807, 2.05) is 37.3 Å². The fourth-order valence-electron chi connectivity index (χ4n) is 1.91. The predicted molar refractivity (Wildman–Crippen MR) is 63.7 cm³/mol. The number of aryl methyl sites for hydroxylation is 1.